The first-order valence-electron chi connectivity index (χ1n) is 7.00. The van der Waals surface area contributed by atoms with E-state index in [4.69, 9.17) is 4.74 Å². The summed E-state index contributed by atoms with van der Waals surface area (Å²) in [7, 11) is 0. The lowest BCUT2D eigenvalue weighted by Crippen LogP contribution is -2.65. The van der Waals surface area contributed by atoms with Gasteiger partial charge in [-0.3, -0.25) is 0 Å². The molecule has 0 bridgehead atoms. The van der Waals surface area contributed by atoms with Crippen LogP contribution in [0.5, 0.6) is 0 Å². The number of nitrogens with zero attached hydrogens (tertiary/aromatic N) is 1. The fourth-order valence-corrected chi connectivity index (χ4v) is 3.22. The number of carboxylic acid groups (broad SMARTS) is 2. The first-order valence-corrected chi connectivity index (χ1v) is 7.00. The minimum absolute atomic E-state index is 0.0824. The normalized spacial score (nSPS) is 30.7. The second-order valence-corrected chi connectivity index (χ2v) is 5.78. The molecule has 2 rings (SSSR count). The first-order chi connectivity index (χ1) is 10.4. The molecule has 6 nitrogen and oxygen atoms in total. The number of quaternary nitrogens is 1. The van der Waals surface area contributed by atoms with E-state index in [0.29, 0.717) is 0 Å². The lowest BCUT2D eigenvalue weighted by atomic mass is 9.95. The highest BCUT2D eigenvalue weighted by atomic mass is 16.5. The molecule has 1 aromatic rings. The van der Waals surface area contributed by atoms with Crippen LogP contribution in [-0.2, 0) is 16.1 Å². The van der Waals surface area contributed by atoms with E-state index in [1.807, 2.05) is 6.07 Å². The fraction of sp³-hybridized carbons (Fsp3) is 0.375. The zero-order chi connectivity index (χ0) is 16.4. The predicted molar refractivity (Wildman–Crippen MR) is 79.0 cm³/mol. The third kappa shape index (κ3) is 2.46. The zero-order valence-corrected chi connectivity index (χ0v) is 12.4. The Balaban J connectivity index is 2.47. The maximum absolute atomic E-state index is 12.0. The summed E-state index contributed by atoms with van der Waals surface area (Å²) in [5, 5.41) is 19.5. The van der Waals surface area contributed by atoms with E-state index in [1.54, 1.807) is 24.3 Å². The molecular weight excluding hydrogens is 286 g/mol. The van der Waals surface area contributed by atoms with Crippen molar-refractivity contribution in [3.63, 3.8) is 0 Å². The molecule has 22 heavy (non-hydrogen) atoms. The first kappa shape index (κ1) is 16.0. The Kier molecular flexibility index (Phi) is 4.23. The van der Waals surface area contributed by atoms with E-state index in [0.717, 1.165) is 5.56 Å². The van der Waals surface area contributed by atoms with Crippen LogP contribution < -0.4 is 0 Å². The van der Waals surface area contributed by atoms with Gasteiger partial charge in [-0.15, -0.1) is 0 Å². The van der Waals surface area contributed by atoms with Gasteiger partial charge in [0.15, 0.2) is 6.10 Å². The van der Waals surface area contributed by atoms with E-state index in [9.17, 15) is 19.8 Å². The van der Waals surface area contributed by atoms with Crippen molar-refractivity contribution in [2.24, 2.45) is 0 Å². The summed E-state index contributed by atoms with van der Waals surface area (Å²) in [5.74, 6) is -1.14. The second kappa shape index (κ2) is 5.81. The monoisotopic (exact) mass is 306 g/mol. The molecular formula is C16H20NO5+. The Labute approximate surface area is 128 Å². The Bertz CT molecular complexity index is 587. The molecule has 1 aliphatic heterocycles. The lowest BCUT2D eigenvalue weighted by Gasteiger charge is -2.38. The molecule has 0 saturated carbocycles. The van der Waals surface area contributed by atoms with Gasteiger partial charge in [-0.05, 0) is 0 Å². The number of rotatable bonds is 5. The molecule has 1 fully saturated rings. The standard InChI is InChI=1S/C16H19NO5/c1-3-22-13-9-16(2,14(18)19)17(11-13,15(20)21)10-12-7-5-4-6-8-12/h3-8,13H,1,9-11H2,2H3,(H-,18,19,20,21)/p+1/t13-,16+,17?/m1/s1. The van der Waals surface area contributed by atoms with E-state index >= 15 is 0 Å². The van der Waals surface area contributed by atoms with Gasteiger partial charge in [0.25, 0.3) is 0 Å². The summed E-state index contributed by atoms with van der Waals surface area (Å²) in [6.45, 7) is 5.12. The van der Waals surface area contributed by atoms with Gasteiger partial charge in [-0.1, -0.05) is 36.9 Å². The average Bonchev–Trinajstić information content (AvgIpc) is 2.75. The number of likely N-dealkylation sites (tertiary alicyclic amines) is 1. The van der Waals surface area contributed by atoms with Crippen LogP contribution in [0.25, 0.3) is 0 Å². The van der Waals surface area contributed by atoms with Gasteiger partial charge < -0.3 is 14.9 Å². The molecule has 0 radical (unpaired) electrons. The van der Waals surface area contributed by atoms with Gasteiger partial charge in [-0.25, -0.2) is 9.28 Å². The number of hydrogen-bond donors (Lipinski definition) is 2. The molecule has 1 aromatic carbocycles. The summed E-state index contributed by atoms with van der Waals surface area (Å²) < 4.78 is 4.72. The minimum atomic E-state index is -1.46. The highest BCUT2D eigenvalue weighted by Gasteiger charge is 2.66. The smallest absolute Gasteiger partial charge is 0.492 e. The van der Waals surface area contributed by atoms with Gasteiger partial charge in [0.2, 0.25) is 5.54 Å². The molecule has 6 heteroatoms. The lowest BCUT2D eigenvalue weighted by molar-refractivity contribution is -0.898. The summed E-state index contributed by atoms with van der Waals surface area (Å²) in [6.07, 6.45) is -0.299. The van der Waals surface area contributed by atoms with E-state index in [2.05, 4.69) is 6.58 Å². The molecule has 0 aliphatic carbocycles. The fourth-order valence-electron chi connectivity index (χ4n) is 3.22. The Morgan fingerprint density at radius 1 is 1.41 bits per heavy atom. The number of carboxylic acids is 1. The van der Waals surface area contributed by atoms with Crippen LogP contribution in [0.2, 0.25) is 0 Å². The third-order valence-electron chi connectivity index (χ3n) is 4.50. The molecule has 1 heterocycles. The van der Waals surface area contributed by atoms with Crippen LogP contribution >= 0.6 is 0 Å². The van der Waals surface area contributed by atoms with Gasteiger partial charge in [-0.2, -0.15) is 4.79 Å². The molecule has 1 amide bonds. The average molecular weight is 306 g/mol. The largest absolute Gasteiger partial charge is 0.514 e. The van der Waals surface area contributed by atoms with Crippen LogP contribution in [0, 0.1) is 0 Å². The summed E-state index contributed by atoms with van der Waals surface area (Å²) in [5.41, 5.74) is -0.688. The van der Waals surface area contributed by atoms with Crippen molar-refractivity contribution in [1.82, 2.24) is 0 Å². The number of carbonyl (C=O) groups is 2. The number of hydrogen-bond acceptors (Lipinski definition) is 3. The molecule has 118 valence electrons. The maximum atomic E-state index is 12.0. The maximum Gasteiger partial charge on any atom is 0.514 e. The molecule has 0 spiro atoms. The van der Waals surface area contributed by atoms with Crippen molar-refractivity contribution >= 4 is 12.1 Å². The second-order valence-electron chi connectivity index (χ2n) is 5.78. The summed E-state index contributed by atoms with van der Waals surface area (Å²) in [6, 6.07) is 9.04. The van der Waals surface area contributed by atoms with Crippen molar-refractivity contribution in [2.45, 2.75) is 31.5 Å². The summed E-state index contributed by atoms with van der Waals surface area (Å²) >= 11 is 0. The van der Waals surface area contributed by atoms with Crippen molar-refractivity contribution < 1.29 is 29.0 Å². The van der Waals surface area contributed by atoms with E-state index in [-0.39, 0.29) is 19.5 Å². The predicted octanol–water partition coefficient (Wildman–Crippen LogP) is 2.46. The van der Waals surface area contributed by atoms with Crippen molar-refractivity contribution in [3.05, 3.63) is 48.7 Å². The van der Waals surface area contributed by atoms with Crippen molar-refractivity contribution in [2.75, 3.05) is 6.54 Å². The highest BCUT2D eigenvalue weighted by molar-refractivity contribution is 5.80. The van der Waals surface area contributed by atoms with Crippen LogP contribution in [0.4, 0.5) is 4.79 Å². The highest BCUT2D eigenvalue weighted by Crippen LogP contribution is 2.41. The van der Waals surface area contributed by atoms with Gasteiger partial charge in [0, 0.05) is 12.5 Å². The molecule has 1 aliphatic rings. The number of ether oxygens (including phenoxy) is 1. The van der Waals surface area contributed by atoms with Gasteiger partial charge in [0.05, 0.1) is 12.7 Å². The Morgan fingerprint density at radius 3 is 2.55 bits per heavy atom. The SMILES string of the molecule is C=CO[C@@H]1C[C@@](C)(C(=O)O)[N+](Cc2ccccc2)(C(=O)O)C1. The molecule has 0 aromatic heterocycles. The zero-order valence-electron chi connectivity index (χ0n) is 12.4. The van der Waals surface area contributed by atoms with E-state index < -0.39 is 28.2 Å². The third-order valence-corrected chi connectivity index (χ3v) is 4.50. The Morgan fingerprint density at radius 2 is 2.05 bits per heavy atom. The van der Waals surface area contributed by atoms with Gasteiger partial charge in [0.1, 0.15) is 13.1 Å². The minimum Gasteiger partial charge on any atom is -0.492 e. The molecule has 2 N–H and O–H groups in total. The number of amides is 1. The van der Waals surface area contributed by atoms with Crippen LogP contribution in [-0.4, -0.2) is 44.9 Å². The van der Waals surface area contributed by atoms with E-state index in [1.165, 1.54) is 13.2 Å². The molecule has 1 saturated heterocycles. The van der Waals surface area contributed by atoms with Crippen LogP contribution in [0.3, 0.4) is 0 Å². The Hall–Kier alpha value is -2.34. The molecule has 1 unspecified atom stereocenters. The van der Waals surface area contributed by atoms with Crippen molar-refractivity contribution in [3.8, 4) is 0 Å². The number of benzene rings is 1. The van der Waals surface area contributed by atoms with Gasteiger partial charge >= 0.3 is 12.1 Å². The number of aliphatic carboxylic acids is 1. The molecule has 3 atom stereocenters. The van der Waals surface area contributed by atoms with Crippen molar-refractivity contribution in [1.29, 1.82) is 0 Å². The van der Waals surface area contributed by atoms with Crippen LogP contribution in [0.1, 0.15) is 18.9 Å². The van der Waals surface area contributed by atoms with Crippen LogP contribution in [0.15, 0.2) is 43.2 Å². The quantitative estimate of drug-likeness (QED) is 0.645. The topological polar surface area (TPSA) is 83.8 Å². The summed E-state index contributed by atoms with van der Waals surface area (Å²) in [4.78, 5) is 23.8.